The summed E-state index contributed by atoms with van der Waals surface area (Å²) in [7, 11) is 0. The second kappa shape index (κ2) is 5.77. The van der Waals surface area contributed by atoms with Crippen molar-refractivity contribution in [2.75, 3.05) is 13.1 Å². The van der Waals surface area contributed by atoms with Gasteiger partial charge in [-0.05, 0) is 19.4 Å². The Hall–Kier alpha value is -1.43. The van der Waals surface area contributed by atoms with Gasteiger partial charge in [0, 0.05) is 19.4 Å². The molecule has 1 aliphatic rings. The molecule has 1 saturated heterocycles. The quantitative estimate of drug-likeness (QED) is 0.757. The fourth-order valence-electron chi connectivity index (χ4n) is 1.86. The van der Waals surface area contributed by atoms with Crippen LogP contribution in [0.2, 0.25) is 0 Å². The van der Waals surface area contributed by atoms with Gasteiger partial charge in [0.2, 0.25) is 11.8 Å². The van der Waals surface area contributed by atoms with Crippen LogP contribution < -0.4 is 10.6 Å². The van der Waals surface area contributed by atoms with Crippen LogP contribution >= 0.6 is 0 Å². The highest BCUT2D eigenvalue weighted by atomic mass is 16.5. The molecule has 0 bridgehead atoms. The lowest BCUT2D eigenvalue weighted by Crippen LogP contribution is -2.41. The SMILES string of the molecule is CCc1nc(CCNC(=O)C2CCCN2)no1. The lowest BCUT2D eigenvalue weighted by atomic mass is 10.2. The molecule has 1 fully saturated rings. The molecule has 6 nitrogen and oxygen atoms in total. The van der Waals surface area contributed by atoms with Crippen molar-refractivity contribution in [2.45, 2.75) is 38.6 Å². The van der Waals surface area contributed by atoms with Crippen LogP contribution in [0, 0.1) is 0 Å². The minimum atomic E-state index is -0.0218. The van der Waals surface area contributed by atoms with E-state index >= 15 is 0 Å². The van der Waals surface area contributed by atoms with Crippen LogP contribution in [-0.2, 0) is 17.6 Å². The van der Waals surface area contributed by atoms with Crippen molar-refractivity contribution in [1.82, 2.24) is 20.8 Å². The molecular formula is C11H18N4O2. The molecule has 1 amide bonds. The predicted octanol–water partition coefficient (Wildman–Crippen LogP) is 0.0427. The first-order valence-corrected chi connectivity index (χ1v) is 6.12. The van der Waals surface area contributed by atoms with Gasteiger partial charge in [0.15, 0.2) is 5.82 Å². The highest BCUT2D eigenvalue weighted by Crippen LogP contribution is 2.04. The molecule has 94 valence electrons. The number of carbonyl (C=O) groups is 1. The maximum atomic E-state index is 11.7. The molecule has 1 aromatic rings. The zero-order valence-electron chi connectivity index (χ0n) is 10.0. The summed E-state index contributed by atoms with van der Waals surface area (Å²) in [6, 6.07) is -0.0218. The lowest BCUT2D eigenvalue weighted by molar-refractivity contribution is -0.122. The predicted molar refractivity (Wildman–Crippen MR) is 61.4 cm³/mol. The summed E-state index contributed by atoms with van der Waals surface area (Å²) in [5.74, 6) is 1.37. The Labute approximate surface area is 100 Å². The van der Waals surface area contributed by atoms with Crippen molar-refractivity contribution in [2.24, 2.45) is 0 Å². The largest absolute Gasteiger partial charge is 0.354 e. The Morgan fingerprint density at radius 1 is 1.65 bits per heavy atom. The first-order chi connectivity index (χ1) is 8.29. The molecular weight excluding hydrogens is 220 g/mol. The van der Waals surface area contributed by atoms with E-state index in [1.54, 1.807) is 0 Å². The van der Waals surface area contributed by atoms with Crippen molar-refractivity contribution < 1.29 is 9.32 Å². The van der Waals surface area contributed by atoms with E-state index in [-0.39, 0.29) is 11.9 Å². The molecule has 0 radical (unpaired) electrons. The monoisotopic (exact) mass is 238 g/mol. The standard InChI is InChI=1S/C11H18N4O2/c1-2-10-14-9(15-17-10)5-7-13-11(16)8-4-3-6-12-8/h8,12H,2-7H2,1H3,(H,13,16). The second-order valence-electron chi connectivity index (χ2n) is 4.15. The summed E-state index contributed by atoms with van der Waals surface area (Å²) in [4.78, 5) is 15.8. The Kier molecular flexibility index (Phi) is 4.08. The molecule has 0 aromatic carbocycles. The Morgan fingerprint density at radius 3 is 3.18 bits per heavy atom. The number of nitrogens with one attached hydrogen (secondary N) is 2. The van der Waals surface area contributed by atoms with Gasteiger partial charge in [-0.3, -0.25) is 4.79 Å². The second-order valence-corrected chi connectivity index (χ2v) is 4.15. The van der Waals surface area contributed by atoms with E-state index in [2.05, 4.69) is 20.8 Å². The third kappa shape index (κ3) is 3.26. The third-order valence-electron chi connectivity index (χ3n) is 2.84. The topological polar surface area (TPSA) is 80.0 Å². The van der Waals surface area contributed by atoms with Crippen LogP contribution in [0.5, 0.6) is 0 Å². The van der Waals surface area contributed by atoms with Crippen LogP contribution in [0.3, 0.4) is 0 Å². The molecule has 1 aliphatic heterocycles. The van der Waals surface area contributed by atoms with Crippen molar-refractivity contribution >= 4 is 5.91 Å². The average molecular weight is 238 g/mol. The Morgan fingerprint density at radius 2 is 2.53 bits per heavy atom. The van der Waals surface area contributed by atoms with Crippen LogP contribution in [0.1, 0.15) is 31.5 Å². The average Bonchev–Trinajstić information content (AvgIpc) is 3.00. The summed E-state index contributed by atoms with van der Waals surface area (Å²) < 4.78 is 4.98. The van der Waals surface area contributed by atoms with E-state index in [9.17, 15) is 4.79 Å². The van der Waals surface area contributed by atoms with Gasteiger partial charge in [-0.2, -0.15) is 4.98 Å². The first-order valence-electron chi connectivity index (χ1n) is 6.12. The number of rotatable bonds is 5. The van der Waals surface area contributed by atoms with Gasteiger partial charge >= 0.3 is 0 Å². The van der Waals surface area contributed by atoms with Gasteiger partial charge in [0.1, 0.15) is 0 Å². The van der Waals surface area contributed by atoms with Gasteiger partial charge in [-0.1, -0.05) is 12.1 Å². The number of amides is 1. The highest BCUT2D eigenvalue weighted by molar-refractivity contribution is 5.81. The van der Waals surface area contributed by atoms with E-state index in [1.165, 1.54) is 0 Å². The number of aromatic nitrogens is 2. The van der Waals surface area contributed by atoms with Crippen molar-refractivity contribution in [3.63, 3.8) is 0 Å². The van der Waals surface area contributed by atoms with Gasteiger partial charge in [0.25, 0.3) is 0 Å². The van der Waals surface area contributed by atoms with Gasteiger partial charge in [-0.15, -0.1) is 0 Å². The lowest BCUT2D eigenvalue weighted by Gasteiger charge is -2.09. The van der Waals surface area contributed by atoms with E-state index in [0.29, 0.717) is 24.7 Å². The summed E-state index contributed by atoms with van der Waals surface area (Å²) >= 11 is 0. The number of aryl methyl sites for hydroxylation is 1. The molecule has 0 saturated carbocycles. The molecule has 0 aliphatic carbocycles. The molecule has 1 aromatic heterocycles. The summed E-state index contributed by atoms with van der Waals surface area (Å²) in [5.41, 5.74) is 0. The fourth-order valence-corrected chi connectivity index (χ4v) is 1.86. The molecule has 1 atom stereocenters. The molecule has 2 rings (SSSR count). The zero-order valence-corrected chi connectivity index (χ0v) is 10.0. The van der Waals surface area contributed by atoms with E-state index in [1.807, 2.05) is 6.92 Å². The van der Waals surface area contributed by atoms with Crippen LogP contribution in [0.15, 0.2) is 4.52 Å². The zero-order chi connectivity index (χ0) is 12.1. The fraction of sp³-hybridized carbons (Fsp3) is 0.727. The number of hydrogen-bond donors (Lipinski definition) is 2. The number of nitrogens with zero attached hydrogens (tertiary/aromatic N) is 2. The normalized spacial score (nSPS) is 19.5. The third-order valence-corrected chi connectivity index (χ3v) is 2.84. The number of carbonyl (C=O) groups excluding carboxylic acids is 1. The maximum Gasteiger partial charge on any atom is 0.237 e. The molecule has 2 N–H and O–H groups in total. The Balaban J connectivity index is 1.69. The van der Waals surface area contributed by atoms with Gasteiger partial charge in [-0.25, -0.2) is 0 Å². The van der Waals surface area contributed by atoms with Crippen molar-refractivity contribution in [1.29, 1.82) is 0 Å². The van der Waals surface area contributed by atoms with Crippen LogP contribution in [-0.4, -0.2) is 35.2 Å². The molecule has 0 spiro atoms. The maximum absolute atomic E-state index is 11.7. The van der Waals surface area contributed by atoms with Gasteiger partial charge in [0.05, 0.1) is 6.04 Å². The molecule has 17 heavy (non-hydrogen) atoms. The molecule has 6 heteroatoms. The highest BCUT2D eigenvalue weighted by Gasteiger charge is 2.21. The van der Waals surface area contributed by atoms with Crippen molar-refractivity contribution in [3.05, 3.63) is 11.7 Å². The molecule has 2 heterocycles. The smallest absolute Gasteiger partial charge is 0.237 e. The Bertz CT molecular complexity index is 371. The number of hydrogen-bond acceptors (Lipinski definition) is 5. The van der Waals surface area contributed by atoms with E-state index in [4.69, 9.17) is 4.52 Å². The van der Waals surface area contributed by atoms with E-state index < -0.39 is 0 Å². The minimum absolute atomic E-state index is 0.0218. The van der Waals surface area contributed by atoms with Crippen LogP contribution in [0.25, 0.3) is 0 Å². The minimum Gasteiger partial charge on any atom is -0.354 e. The van der Waals surface area contributed by atoms with Gasteiger partial charge < -0.3 is 15.2 Å². The summed E-state index contributed by atoms with van der Waals surface area (Å²) in [6.07, 6.45) is 3.35. The summed E-state index contributed by atoms with van der Waals surface area (Å²) in [6.45, 7) is 3.45. The molecule has 1 unspecified atom stereocenters. The van der Waals surface area contributed by atoms with E-state index in [0.717, 1.165) is 25.8 Å². The van der Waals surface area contributed by atoms with Crippen LogP contribution in [0.4, 0.5) is 0 Å². The summed E-state index contributed by atoms with van der Waals surface area (Å²) in [5, 5.41) is 9.86. The van der Waals surface area contributed by atoms with Crippen molar-refractivity contribution in [3.8, 4) is 0 Å². The first kappa shape index (κ1) is 12.0.